The Morgan fingerprint density at radius 1 is 1.15 bits per heavy atom. The van der Waals surface area contributed by atoms with Crippen LogP contribution < -0.4 is 15.4 Å². The number of carbonyl (C=O) groups is 2. The summed E-state index contributed by atoms with van der Waals surface area (Å²) < 4.78 is 34.1. The molecule has 208 valence electrons. The fourth-order valence-electron chi connectivity index (χ4n) is 4.28. The molecule has 1 aliphatic rings. The summed E-state index contributed by atoms with van der Waals surface area (Å²) in [6, 6.07) is 15.9. The first-order valence-electron chi connectivity index (χ1n) is 12.5. The van der Waals surface area contributed by atoms with Crippen LogP contribution in [0.2, 0.25) is 0 Å². The van der Waals surface area contributed by atoms with Gasteiger partial charge in [0.2, 0.25) is 0 Å². The molecule has 0 saturated carbocycles. The van der Waals surface area contributed by atoms with Crippen LogP contribution in [-0.4, -0.2) is 73.6 Å². The summed E-state index contributed by atoms with van der Waals surface area (Å²) in [6.07, 6.45) is -0.676. The van der Waals surface area contributed by atoms with Gasteiger partial charge in [-0.15, -0.1) is 11.3 Å². The number of anilines is 2. The Bertz CT molecular complexity index is 1400. The van der Waals surface area contributed by atoms with E-state index >= 15 is 0 Å². The minimum absolute atomic E-state index is 0.000915. The molecular formula is C27H32N4O6S2. The highest BCUT2D eigenvalue weighted by molar-refractivity contribution is 7.91. The number of fused-ring (bicyclic) bond motifs is 1. The Hall–Kier alpha value is -3.45. The fraction of sp³-hybridized carbons (Fsp3) is 0.333. The predicted octanol–water partition coefficient (Wildman–Crippen LogP) is 3.93. The van der Waals surface area contributed by atoms with Crippen LogP contribution in [0.1, 0.15) is 24.2 Å². The number of amides is 3. The lowest BCUT2D eigenvalue weighted by Gasteiger charge is -2.38. The Kier molecular flexibility index (Phi) is 8.90. The third-order valence-corrected chi connectivity index (χ3v) is 9.76. The van der Waals surface area contributed by atoms with Gasteiger partial charge >= 0.3 is 6.03 Å². The van der Waals surface area contributed by atoms with Gasteiger partial charge in [-0.1, -0.05) is 37.3 Å². The normalized spacial score (nSPS) is 18.5. The van der Waals surface area contributed by atoms with Gasteiger partial charge in [0.05, 0.1) is 30.4 Å². The number of thiophene rings is 1. The molecule has 2 aromatic carbocycles. The van der Waals surface area contributed by atoms with Crippen molar-refractivity contribution < 1.29 is 27.9 Å². The van der Waals surface area contributed by atoms with Gasteiger partial charge in [0.25, 0.3) is 15.9 Å². The van der Waals surface area contributed by atoms with Crippen LogP contribution in [0.25, 0.3) is 0 Å². The molecule has 1 aliphatic heterocycles. The minimum Gasteiger partial charge on any atom is -0.486 e. The third-order valence-electron chi connectivity index (χ3n) is 6.57. The Labute approximate surface area is 232 Å². The van der Waals surface area contributed by atoms with Gasteiger partial charge in [-0.25, -0.2) is 13.2 Å². The van der Waals surface area contributed by atoms with Crippen LogP contribution in [0.15, 0.2) is 70.3 Å². The number of rotatable bonds is 8. The highest BCUT2D eigenvalue weighted by Gasteiger charge is 2.36. The number of carbonyl (C=O) groups excluding carboxylic acids is 2. The number of nitrogens with one attached hydrogen (secondary N) is 2. The molecule has 3 aromatic rings. The summed E-state index contributed by atoms with van der Waals surface area (Å²) in [5.41, 5.74) is 1.04. The van der Waals surface area contributed by atoms with Gasteiger partial charge in [-0.05, 0) is 42.6 Å². The predicted molar refractivity (Wildman–Crippen MR) is 151 cm³/mol. The zero-order chi connectivity index (χ0) is 28.2. The molecule has 0 saturated heterocycles. The SMILES string of the molecule is C[C@@H]1CN([C@H](C)CO)C(=O)c2cccc(NC(=O)Nc3ccccc3)c2O[C@H]1CN(C)S(=O)(=O)c1cccs1. The first-order chi connectivity index (χ1) is 18.6. The molecule has 0 radical (unpaired) electrons. The number of para-hydroxylation sites is 2. The summed E-state index contributed by atoms with van der Waals surface area (Å²) in [4.78, 5) is 28.0. The number of sulfonamides is 1. The number of ether oxygens (including phenoxy) is 1. The summed E-state index contributed by atoms with van der Waals surface area (Å²) in [6.45, 7) is 3.60. The summed E-state index contributed by atoms with van der Waals surface area (Å²) >= 11 is 1.13. The van der Waals surface area contributed by atoms with E-state index in [1.807, 2.05) is 13.0 Å². The molecule has 3 N–H and O–H groups in total. The molecule has 1 aromatic heterocycles. The Morgan fingerprint density at radius 3 is 2.56 bits per heavy atom. The van der Waals surface area contributed by atoms with Crippen molar-refractivity contribution in [3.05, 3.63) is 71.6 Å². The standard InChI is InChI=1S/C27H32N4O6S2/c1-18-15-31(19(2)17-32)26(33)21-11-7-12-22(29-27(34)28-20-9-5-4-6-10-20)25(21)37-23(18)16-30(3)39(35,36)24-13-8-14-38-24/h4-14,18-19,23,32H,15-17H2,1-3H3,(H2,28,29,34)/t18-,19-,23+/m1/s1. The first kappa shape index (κ1) is 28.6. The Morgan fingerprint density at radius 2 is 1.90 bits per heavy atom. The summed E-state index contributed by atoms with van der Waals surface area (Å²) in [7, 11) is -2.27. The van der Waals surface area contributed by atoms with E-state index in [0.29, 0.717) is 5.69 Å². The highest BCUT2D eigenvalue weighted by Crippen LogP contribution is 2.35. The largest absolute Gasteiger partial charge is 0.486 e. The van der Waals surface area contributed by atoms with Crippen molar-refractivity contribution in [2.45, 2.75) is 30.2 Å². The van der Waals surface area contributed by atoms with Gasteiger partial charge in [-0.2, -0.15) is 4.31 Å². The number of aliphatic hydroxyl groups excluding tert-OH is 1. The molecule has 39 heavy (non-hydrogen) atoms. The lowest BCUT2D eigenvalue weighted by atomic mass is 9.99. The monoisotopic (exact) mass is 572 g/mol. The van der Waals surface area contributed by atoms with E-state index in [4.69, 9.17) is 4.74 Å². The molecule has 0 aliphatic carbocycles. The van der Waals surface area contributed by atoms with Crippen molar-refractivity contribution in [2.24, 2.45) is 5.92 Å². The molecule has 4 rings (SSSR count). The lowest BCUT2D eigenvalue weighted by molar-refractivity contribution is 0.0389. The number of hydrogen-bond donors (Lipinski definition) is 3. The second-order valence-electron chi connectivity index (χ2n) is 9.47. The van der Waals surface area contributed by atoms with Gasteiger partial charge in [0, 0.05) is 25.2 Å². The molecule has 3 atom stereocenters. The third kappa shape index (κ3) is 6.41. The number of hydrogen-bond acceptors (Lipinski definition) is 7. The second kappa shape index (κ2) is 12.2. The molecule has 10 nitrogen and oxygen atoms in total. The van der Waals surface area contributed by atoms with Crippen molar-refractivity contribution in [3.63, 3.8) is 0 Å². The van der Waals surface area contributed by atoms with Crippen molar-refractivity contribution in [1.82, 2.24) is 9.21 Å². The van der Waals surface area contributed by atoms with Crippen molar-refractivity contribution >= 4 is 44.7 Å². The maximum atomic E-state index is 13.6. The number of benzene rings is 2. The zero-order valence-electron chi connectivity index (χ0n) is 21.9. The topological polar surface area (TPSA) is 128 Å². The molecule has 0 spiro atoms. The summed E-state index contributed by atoms with van der Waals surface area (Å²) in [5, 5.41) is 17.1. The first-order valence-corrected chi connectivity index (χ1v) is 14.8. The second-order valence-corrected chi connectivity index (χ2v) is 12.7. The van der Waals surface area contributed by atoms with Gasteiger partial charge in [-0.3, -0.25) is 4.79 Å². The maximum Gasteiger partial charge on any atom is 0.323 e. The van der Waals surface area contributed by atoms with E-state index < -0.39 is 28.2 Å². The van der Waals surface area contributed by atoms with Crippen LogP contribution in [0.4, 0.5) is 16.2 Å². The molecule has 0 fully saturated rings. The van der Waals surface area contributed by atoms with E-state index in [2.05, 4.69) is 10.6 Å². The van der Waals surface area contributed by atoms with E-state index in [9.17, 15) is 23.1 Å². The number of likely N-dealkylation sites (N-methyl/N-ethyl adjacent to an activating group) is 1. The molecule has 2 heterocycles. The van der Waals surface area contributed by atoms with Crippen LogP contribution in [0.3, 0.4) is 0 Å². The van der Waals surface area contributed by atoms with Crippen molar-refractivity contribution in [2.75, 3.05) is 37.4 Å². The van der Waals surface area contributed by atoms with Crippen molar-refractivity contribution in [3.8, 4) is 5.75 Å². The Balaban J connectivity index is 1.69. The zero-order valence-corrected chi connectivity index (χ0v) is 23.5. The number of aliphatic hydroxyl groups is 1. The molecule has 0 bridgehead atoms. The van der Waals surface area contributed by atoms with Gasteiger partial charge in [0.15, 0.2) is 5.75 Å². The molecular weight excluding hydrogens is 540 g/mol. The number of urea groups is 1. The van der Waals surface area contributed by atoms with Crippen molar-refractivity contribution in [1.29, 1.82) is 0 Å². The van der Waals surface area contributed by atoms with Crippen LogP contribution in [0.5, 0.6) is 5.75 Å². The minimum atomic E-state index is -3.75. The van der Waals surface area contributed by atoms with E-state index in [-0.39, 0.29) is 52.7 Å². The molecule has 12 heteroatoms. The molecule has 0 unspecified atom stereocenters. The van der Waals surface area contributed by atoms with Gasteiger partial charge < -0.3 is 25.4 Å². The van der Waals surface area contributed by atoms with Crippen LogP contribution in [0, 0.1) is 5.92 Å². The smallest absolute Gasteiger partial charge is 0.323 e. The lowest BCUT2D eigenvalue weighted by Crippen LogP contribution is -2.50. The van der Waals surface area contributed by atoms with E-state index in [1.54, 1.807) is 71.8 Å². The van der Waals surface area contributed by atoms with Crippen LogP contribution >= 0.6 is 11.3 Å². The average molecular weight is 573 g/mol. The fourth-order valence-corrected chi connectivity index (χ4v) is 6.67. The van der Waals surface area contributed by atoms with E-state index in [0.717, 1.165) is 11.3 Å². The average Bonchev–Trinajstić information content (AvgIpc) is 3.47. The quantitative estimate of drug-likeness (QED) is 0.375. The maximum absolute atomic E-state index is 13.6. The van der Waals surface area contributed by atoms with Crippen LogP contribution in [-0.2, 0) is 10.0 Å². The van der Waals surface area contributed by atoms with E-state index in [1.165, 1.54) is 11.4 Å². The highest BCUT2D eigenvalue weighted by atomic mass is 32.2. The summed E-state index contributed by atoms with van der Waals surface area (Å²) in [5.74, 6) is -0.536. The number of nitrogens with zero attached hydrogens (tertiary/aromatic N) is 2. The van der Waals surface area contributed by atoms with Gasteiger partial charge in [0.1, 0.15) is 10.3 Å². The molecule has 3 amide bonds.